The lowest BCUT2D eigenvalue weighted by atomic mass is 9.99. The summed E-state index contributed by atoms with van der Waals surface area (Å²) in [5.74, 6) is 1.27. The predicted octanol–water partition coefficient (Wildman–Crippen LogP) is 1.96. The zero-order chi connectivity index (χ0) is 13.8. The summed E-state index contributed by atoms with van der Waals surface area (Å²) in [5.41, 5.74) is 5.92. The van der Waals surface area contributed by atoms with Gasteiger partial charge in [-0.3, -0.25) is 0 Å². The van der Waals surface area contributed by atoms with Crippen LogP contribution in [-0.4, -0.2) is 36.1 Å². The van der Waals surface area contributed by atoms with E-state index < -0.39 is 0 Å². The molecule has 1 aliphatic heterocycles. The molecule has 3 rings (SSSR count). The van der Waals surface area contributed by atoms with Crippen molar-refractivity contribution >= 4 is 12.4 Å². The number of nitrogens with zero attached hydrogens (tertiary/aromatic N) is 2. The highest BCUT2D eigenvalue weighted by molar-refractivity contribution is 5.85. The van der Waals surface area contributed by atoms with Gasteiger partial charge in [-0.25, -0.2) is 0 Å². The number of halogens is 1. The summed E-state index contributed by atoms with van der Waals surface area (Å²) in [5, 5.41) is 4.03. The Kier molecular flexibility index (Phi) is 5.98. The third-order valence-corrected chi connectivity index (χ3v) is 4.20. The monoisotopic (exact) mass is 317 g/mol. The van der Waals surface area contributed by atoms with E-state index in [1.54, 1.807) is 0 Å². The summed E-state index contributed by atoms with van der Waals surface area (Å²) in [6.07, 6.45) is 7.31. The van der Waals surface area contributed by atoms with Crippen LogP contribution in [0.15, 0.2) is 4.52 Å². The van der Waals surface area contributed by atoms with Crippen LogP contribution in [0.5, 0.6) is 0 Å². The quantitative estimate of drug-likeness (QED) is 0.807. The van der Waals surface area contributed by atoms with Crippen molar-refractivity contribution in [3.63, 3.8) is 0 Å². The number of aromatic nitrogens is 2. The van der Waals surface area contributed by atoms with Crippen LogP contribution in [0.3, 0.4) is 0 Å². The molecule has 0 radical (unpaired) electrons. The van der Waals surface area contributed by atoms with Gasteiger partial charge in [0.15, 0.2) is 5.82 Å². The van der Waals surface area contributed by atoms with Gasteiger partial charge in [0.25, 0.3) is 0 Å². The van der Waals surface area contributed by atoms with Crippen molar-refractivity contribution in [2.75, 3.05) is 19.8 Å². The highest BCUT2D eigenvalue weighted by Crippen LogP contribution is 2.34. The van der Waals surface area contributed by atoms with Gasteiger partial charge >= 0.3 is 0 Å². The van der Waals surface area contributed by atoms with Gasteiger partial charge in [-0.15, -0.1) is 12.4 Å². The first kappa shape index (κ1) is 16.7. The Balaban J connectivity index is 0.00000161. The van der Waals surface area contributed by atoms with Gasteiger partial charge in [-0.2, -0.15) is 4.98 Å². The van der Waals surface area contributed by atoms with E-state index in [1.807, 2.05) is 0 Å². The fraction of sp³-hybridized carbons (Fsp3) is 0.857. The first-order chi connectivity index (χ1) is 9.76. The van der Waals surface area contributed by atoms with Crippen LogP contribution in [0, 0.1) is 0 Å². The molecule has 2 aliphatic rings. The number of hydrogen-bond acceptors (Lipinski definition) is 6. The Bertz CT molecular complexity index is 429. The molecule has 21 heavy (non-hydrogen) atoms. The fourth-order valence-electron chi connectivity index (χ4n) is 2.94. The molecule has 2 heterocycles. The molecule has 0 bridgehead atoms. The molecule has 120 valence electrons. The largest absolute Gasteiger partial charge is 0.378 e. The van der Waals surface area contributed by atoms with Crippen LogP contribution in [0.4, 0.5) is 0 Å². The number of nitrogens with two attached hydrogens (primary N) is 1. The van der Waals surface area contributed by atoms with Gasteiger partial charge in [0, 0.05) is 6.61 Å². The van der Waals surface area contributed by atoms with E-state index in [4.69, 9.17) is 19.7 Å². The Morgan fingerprint density at radius 3 is 2.81 bits per heavy atom. The minimum atomic E-state index is -0.375. The minimum absolute atomic E-state index is 0. The average molecular weight is 318 g/mol. The van der Waals surface area contributed by atoms with Gasteiger partial charge in [0.2, 0.25) is 5.89 Å². The van der Waals surface area contributed by atoms with E-state index in [0.717, 1.165) is 45.1 Å². The molecule has 2 fully saturated rings. The lowest BCUT2D eigenvalue weighted by Crippen LogP contribution is -2.34. The number of ether oxygens (including phenoxy) is 2. The molecule has 1 atom stereocenters. The van der Waals surface area contributed by atoms with Gasteiger partial charge < -0.3 is 19.7 Å². The Morgan fingerprint density at radius 1 is 1.29 bits per heavy atom. The second-order valence-corrected chi connectivity index (χ2v) is 5.83. The van der Waals surface area contributed by atoms with Gasteiger partial charge in [0.1, 0.15) is 0 Å². The molecule has 1 aromatic heterocycles. The lowest BCUT2D eigenvalue weighted by Gasteiger charge is -2.17. The molecule has 2 N–H and O–H groups in total. The number of rotatable bonds is 6. The minimum Gasteiger partial charge on any atom is -0.378 e. The standard InChI is InChI=1S/C14H23N3O3.ClH/c15-14(6-1-2-7-14)13-16-12(20-17-13)5-9-18-10-11-4-3-8-19-11;/h11H,1-10,15H2;1H. The van der Waals surface area contributed by atoms with Crippen LogP contribution in [0.25, 0.3) is 0 Å². The summed E-state index contributed by atoms with van der Waals surface area (Å²) < 4.78 is 16.4. The second kappa shape index (κ2) is 7.54. The molecule has 1 aliphatic carbocycles. The van der Waals surface area contributed by atoms with Crippen molar-refractivity contribution < 1.29 is 14.0 Å². The first-order valence-corrected chi connectivity index (χ1v) is 7.58. The van der Waals surface area contributed by atoms with Crippen LogP contribution < -0.4 is 5.73 Å². The van der Waals surface area contributed by atoms with Crippen molar-refractivity contribution in [3.8, 4) is 0 Å². The van der Waals surface area contributed by atoms with E-state index in [9.17, 15) is 0 Å². The predicted molar refractivity (Wildman–Crippen MR) is 79.4 cm³/mol. The summed E-state index contributed by atoms with van der Waals surface area (Å²) in [6.45, 7) is 2.10. The van der Waals surface area contributed by atoms with E-state index in [0.29, 0.717) is 31.3 Å². The molecule has 6 nitrogen and oxygen atoms in total. The zero-order valence-electron chi connectivity index (χ0n) is 12.3. The number of hydrogen-bond donors (Lipinski definition) is 1. The summed E-state index contributed by atoms with van der Waals surface area (Å²) in [4.78, 5) is 4.42. The third-order valence-electron chi connectivity index (χ3n) is 4.20. The molecule has 1 aromatic rings. The van der Waals surface area contributed by atoms with Crippen molar-refractivity contribution in [2.45, 2.75) is 56.6 Å². The van der Waals surface area contributed by atoms with Crippen LogP contribution in [0.1, 0.15) is 50.2 Å². The highest BCUT2D eigenvalue weighted by Gasteiger charge is 2.35. The Morgan fingerprint density at radius 2 is 2.10 bits per heavy atom. The topological polar surface area (TPSA) is 83.4 Å². The normalized spacial score (nSPS) is 24.1. The molecule has 0 amide bonds. The molecule has 0 spiro atoms. The van der Waals surface area contributed by atoms with Gasteiger partial charge in [0.05, 0.1) is 31.3 Å². The molecule has 7 heteroatoms. The lowest BCUT2D eigenvalue weighted by molar-refractivity contribution is 0.0169. The van der Waals surface area contributed by atoms with E-state index in [1.165, 1.54) is 0 Å². The van der Waals surface area contributed by atoms with E-state index >= 15 is 0 Å². The SMILES string of the molecule is Cl.NC1(c2noc(CCOCC3CCCO3)n2)CCCC1. The maximum atomic E-state index is 6.30. The first-order valence-electron chi connectivity index (χ1n) is 7.58. The van der Waals surface area contributed by atoms with Crippen molar-refractivity contribution in [2.24, 2.45) is 5.73 Å². The Hall–Kier alpha value is -0.690. The van der Waals surface area contributed by atoms with Crippen molar-refractivity contribution in [1.29, 1.82) is 0 Å². The summed E-state index contributed by atoms with van der Waals surface area (Å²) in [6, 6.07) is 0. The maximum Gasteiger partial charge on any atom is 0.229 e. The van der Waals surface area contributed by atoms with Gasteiger partial charge in [-0.1, -0.05) is 18.0 Å². The zero-order valence-corrected chi connectivity index (χ0v) is 13.1. The molecule has 1 unspecified atom stereocenters. The van der Waals surface area contributed by atoms with Crippen molar-refractivity contribution in [1.82, 2.24) is 10.1 Å². The molecular formula is C14H24ClN3O3. The summed E-state index contributed by atoms with van der Waals surface area (Å²) in [7, 11) is 0. The van der Waals surface area contributed by atoms with E-state index in [2.05, 4.69) is 10.1 Å². The molecule has 0 aromatic carbocycles. The van der Waals surface area contributed by atoms with Crippen LogP contribution in [0.2, 0.25) is 0 Å². The van der Waals surface area contributed by atoms with E-state index in [-0.39, 0.29) is 24.0 Å². The third kappa shape index (κ3) is 4.16. The van der Waals surface area contributed by atoms with Gasteiger partial charge in [-0.05, 0) is 25.7 Å². The average Bonchev–Trinajstić information content (AvgIpc) is 3.17. The Labute approximate surface area is 131 Å². The van der Waals surface area contributed by atoms with Crippen LogP contribution in [-0.2, 0) is 21.4 Å². The van der Waals surface area contributed by atoms with Crippen LogP contribution >= 0.6 is 12.4 Å². The fourth-order valence-corrected chi connectivity index (χ4v) is 2.94. The molecular weight excluding hydrogens is 294 g/mol. The highest BCUT2D eigenvalue weighted by atomic mass is 35.5. The molecule has 1 saturated heterocycles. The maximum absolute atomic E-state index is 6.30. The second-order valence-electron chi connectivity index (χ2n) is 5.83. The van der Waals surface area contributed by atoms with Crippen molar-refractivity contribution in [3.05, 3.63) is 11.7 Å². The summed E-state index contributed by atoms with van der Waals surface area (Å²) >= 11 is 0. The molecule has 1 saturated carbocycles. The smallest absolute Gasteiger partial charge is 0.229 e.